The molecule has 2 N–H and O–H groups in total. The molecule has 3 aromatic heterocycles. The van der Waals surface area contributed by atoms with Crippen LogP contribution in [0.5, 0.6) is 0 Å². The Labute approximate surface area is 212 Å². The van der Waals surface area contributed by atoms with E-state index in [0.717, 1.165) is 18.3 Å². The molecular weight excluding hydrogens is 485 g/mol. The summed E-state index contributed by atoms with van der Waals surface area (Å²) in [6, 6.07) is 6.10. The van der Waals surface area contributed by atoms with E-state index in [1.807, 2.05) is 15.8 Å². The van der Waals surface area contributed by atoms with Crippen LogP contribution in [0.15, 0.2) is 42.9 Å². The molecule has 4 heterocycles. The lowest BCUT2D eigenvalue weighted by Gasteiger charge is -2.26. The topological polar surface area (TPSA) is 96.2 Å². The van der Waals surface area contributed by atoms with Crippen LogP contribution in [-0.4, -0.2) is 49.5 Å². The van der Waals surface area contributed by atoms with Crippen LogP contribution in [0.25, 0.3) is 11.3 Å². The summed E-state index contributed by atoms with van der Waals surface area (Å²) in [5, 5.41) is 17.0. The highest BCUT2D eigenvalue weighted by atomic mass is 19.4. The van der Waals surface area contributed by atoms with Crippen LogP contribution in [0.3, 0.4) is 0 Å². The summed E-state index contributed by atoms with van der Waals surface area (Å²) in [4.78, 5) is 22.9. The quantitative estimate of drug-likeness (QED) is 0.478. The molecule has 2 fully saturated rings. The van der Waals surface area contributed by atoms with Crippen molar-refractivity contribution in [3.8, 4) is 11.3 Å². The number of alkyl halides is 3. The van der Waals surface area contributed by atoms with Gasteiger partial charge in [-0.3, -0.25) is 9.48 Å². The number of rotatable bonds is 7. The predicted molar refractivity (Wildman–Crippen MR) is 132 cm³/mol. The van der Waals surface area contributed by atoms with Crippen molar-refractivity contribution in [3.63, 3.8) is 0 Å². The maximum atomic E-state index is 13.7. The van der Waals surface area contributed by atoms with E-state index < -0.39 is 29.1 Å². The van der Waals surface area contributed by atoms with Crippen molar-refractivity contribution in [2.45, 2.75) is 51.4 Å². The number of pyridine rings is 2. The van der Waals surface area contributed by atoms with E-state index in [2.05, 4.69) is 20.4 Å². The second-order valence-electron chi connectivity index (χ2n) is 10.4. The fourth-order valence-electron chi connectivity index (χ4n) is 4.59. The maximum Gasteiger partial charge on any atom is 0.435 e. The average molecular weight is 515 g/mol. The summed E-state index contributed by atoms with van der Waals surface area (Å²) in [5.74, 6) is -0.160. The first kappa shape index (κ1) is 25.2. The van der Waals surface area contributed by atoms with Gasteiger partial charge in [0.05, 0.1) is 35.1 Å². The molecule has 3 aromatic rings. The zero-order valence-electron chi connectivity index (χ0n) is 20.7. The third kappa shape index (κ3) is 5.76. The molecule has 1 aliphatic heterocycles. The molecule has 0 unspecified atom stereocenters. The lowest BCUT2D eigenvalue weighted by Crippen LogP contribution is -2.33. The Hall–Kier alpha value is -3.47. The first-order valence-corrected chi connectivity index (χ1v) is 12.3. The number of aliphatic hydroxyl groups is 1. The van der Waals surface area contributed by atoms with Crippen molar-refractivity contribution in [1.29, 1.82) is 0 Å². The van der Waals surface area contributed by atoms with E-state index >= 15 is 0 Å². The van der Waals surface area contributed by atoms with Crippen LogP contribution >= 0.6 is 0 Å². The molecule has 0 spiro atoms. The zero-order valence-corrected chi connectivity index (χ0v) is 20.7. The SMILES string of the molecule is CC(C)(O)[C@@H]1CCN(c2cnc(C(F)(F)F)c(NC(=O)c3cccc(-c4cnn(CC5CC5)c4)n3)c2)C1. The minimum Gasteiger partial charge on any atom is -0.390 e. The normalized spacial score (nSPS) is 18.3. The molecule has 1 atom stereocenters. The molecule has 1 amide bonds. The number of carbonyl (C=O) groups is 1. The van der Waals surface area contributed by atoms with E-state index in [-0.39, 0.29) is 11.6 Å². The minimum absolute atomic E-state index is 0.0192. The van der Waals surface area contributed by atoms with Crippen LogP contribution in [-0.2, 0) is 12.7 Å². The van der Waals surface area contributed by atoms with Gasteiger partial charge in [0.15, 0.2) is 5.69 Å². The molecule has 0 aromatic carbocycles. The highest BCUT2D eigenvalue weighted by molar-refractivity contribution is 6.03. The Bertz CT molecular complexity index is 1300. The van der Waals surface area contributed by atoms with Crippen LogP contribution < -0.4 is 10.2 Å². The number of hydrogen-bond acceptors (Lipinski definition) is 6. The van der Waals surface area contributed by atoms with Crippen molar-refractivity contribution in [3.05, 3.63) is 54.2 Å². The van der Waals surface area contributed by atoms with Crippen LogP contribution in [0, 0.1) is 11.8 Å². The third-order valence-electron chi connectivity index (χ3n) is 7.00. The molecule has 2 aliphatic rings. The standard InChI is InChI=1S/C26H29F3N6O2/c1-25(2,37)18-8-9-34(15-18)19-10-22(23(30-12-19)26(27,28)29)33-24(36)21-5-3-4-20(32-21)17-11-31-35(14-17)13-16-6-7-16/h3-5,10-12,14,16,18,37H,6-9,13,15H2,1-2H3,(H,33,36)/t18-/m1/s1. The first-order valence-electron chi connectivity index (χ1n) is 12.3. The molecule has 0 bridgehead atoms. The summed E-state index contributed by atoms with van der Waals surface area (Å²) in [6.07, 6.45) is 3.00. The molecule has 1 saturated heterocycles. The van der Waals surface area contributed by atoms with Gasteiger partial charge in [-0.2, -0.15) is 18.3 Å². The Balaban J connectivity index is 1.37. The molecule has 37 heavy (non-hydrogen) atoms. The Morgan fingerprint density at radius 1 is 1.19 bits per heavy atom. The van der Waals surface area contributed by atoms with Crippen molar-refractivity contribution < 1.29 is 23.1 Å². The van der Waals surface area contributed by atoms with E-state index in [9.17, 15) is 23.1 Å². The fraction of sp³-hybridized carbons (Fsp3) is 0.462. The number of nitrogens with zero attached hydrogens (tertiary/aromatic N) is 5. The molecule has 5 rings (SSSR count). The fourth-order valence-corrected chi connectivity index (χ4v) is 4.59. The summed E-state index contributed by atoms with van der Waals surface area (Å²) in [5.41, 5.74) is -0.866. The molecule has 1 saturated carbocycles. The van der Waals surface area contributed by atoms with Gasteiger partial charge in [0, 0.05) is 37.3 Å². The van der Waals surface area contributed by atoms with Gasteiger partial charge in [-0.25, -0.2) is 9.97 Å². The van der Waals surface area contributed by atoms with Crippen molar-refractivity contribution in [2.24, 2.45) is 11.8 Å². The molecular formula is C26H29F3N6O2. The van der Waals surface area contributed by atoms with Gasteiger partial charge in [-0.1, -0.05) is 6.07 Å². The van der Waals surface area contributed by atoms with Crippen LogP contribution in [0.2, 0.25) is 0 Å². The maximum absolute atomic E-state index is 13.7. The predicted octanol–water partition coefficient (Wildman–Crippen LogP) is 4.62. The Morgan fingerprint density at radius 2 is 1.97 bits per heavy atom. The van der Waals surface area contributed by atoms with Gasteiger partial charge < -0.3 is 15.3 Å². The highest BCUT2D eigenvalue weighted by Gasteiger charge is 2.38. The highest BCUT2D eigenvalue weighted by Crippen LogP contribution is 2.37. The molecule has 196 valence electrons. The number of hydrogen-bond donors (Lipinski definition) is 2. The van der Waals surface area contributed by atoms with Crippen molar-refractivity contribution in [1.82, 2.24) is 19.7 Å². The molecule has 1 aliphatic carbocycles. The van der Waals surface area contributed by atoms with E-state index in [1.54, 1.807) is 32.2 Å². The van der Waals surface area contributed by atoms with Crippen LogP contribution in [0.4, 0.5) is 24.5 Å². The number of nitrogens with one attached hydrogen (secondary N) is 1. The van der Waals surface area contributed by atoms with Gasteiger partial charge in [0.1, 0.15) is 5.69 Å². The third-order valence-corrected chi connectivity index (χ3v) is 7.00. The summed E-state index contributed by atoms with van der Waals surface area (Å²) < 4.78 is 43.0. The molecule has 11 heteroatoms. The van der Waals surface area contributed by atoms with Gasteiger partial charge in [-0.05, 0) is 57.2 Å². The number of halogens is 3. The van der Waals surface area contributed by atoms with Crippen molar-refractivity contribution in [2.75, 3.05) is 23.3 Å². The average Bonchev–Trinajstić information content (AvgIpc) is 3.30. The summed E-state index contributed by atoms with van der Waals surface area (Å²) >= 11 is 0. The molecule has 0 radical (unpaired) electrons. The number of aromatic nitrogens is 4. The molecule has 8 nitrogen and oxygen atoms in total. The van der Waals surface area contributed by atoms with E-state index in [0.29, 0.717) is 36.8 Å². The van der Waals surface area contributed by atoms with Gasteiger partial charge in [-0.15, -0.1) is 0 Å². The number of amides is 1. The van der Waals surface area contributed by atoms with Crippen molar-refractivity contribution >= 4 is 17.3 Å². The zero-order chi connectivity index (χ0) is 26.4. The van der Waals surface area contributed by atoms with E-state index in [4.69, 9.17) is 0 Å². The van der Waals surface area contributed by atoms with Gasteiger partial charge in [0.2, 0.25) is 0 Å². The van der Waals surface area contributed by atoms with E-state index in [1.165, 1.54) is 25.0 Å². The monoisotopic (exact) mass is 514 g/mol. The second-order valence-corrected chi connectivity index (χ2v) is 10.4. The first-order chi connectivity index (χ1) is 17.5. The lowest BCUT2D eigenvalue weighted by atomic mass is 9.90. The minimum atomic E-state index is -4.76. The summed E-state index contributed by atoms with van der Waals surface area (Å²) in [7, 11) is 0. The van der Waals surface area contributed by atoms with Gasteiger partial charge in [0.25, 0.3) is 5.91 Å². The smallest absolute Gasteiger partial charge is 0.390 e. The number of carbonyl (C=O) groups excluding carboxylic acids is 1. The summed E-state index contributed by atoms with van der Waals surface area (Å²) in [6.45, 7) is 5.31. The number of anilines is 2. The van der Waals surface area contributed by atoms with Gasteiger partial charge >= 0.3 is 6.18 Å². The van der Waals surface area contributed by atoms with Crippen LogP contribution in [0.1, 0.15) is 49.3 Å². The Kier molecular flexibility index (Phi) is 6.43. The second kappa shape index (κ2) is 9.44. The Morgan fingerprint density at radius 3 is 2.65 bits per heavy atom. The lowest BCUT2D eigenvalue weighted by molar-refractivity contribution is -0.140. The largest absolute Gasteiger partial charge is 0.435 e.